The maximum Gasteiger partial charge on any atom is 0.243 e. The fourth-order valence-corrected chi connectivity index (χ4v) is 4.31. The molecule has 3 heterocycles. The van der Waals surface area contributed by atoms with Crippen molar-refractivity contribution in [1.82, 2.24) is 25.0 Å². The molecule has 0 spiro atoms. The van der Waals surface area contributed by atoms with Crippen LogP contribution in [0.25, 0.3) is 22.0 Å². The molecule has 2 atom stereocenters. The molecular weight excluding hydrogens is 413 g/mol. The summed E-state index contributed by atoms with van der Waals surface area (Å²) < 4.78 is 15.0. The van der Waals surface area contributed by atoms with Crippen molar-refractivity contribution in [2.24, 2.45) is 5.92 Å². The van der Waals surface area contributed by atoms with E-state index in [-0.39, 0.29) is 36.6 Å². The maximum absolute atomic E-state index is 13.3. The first-order valence-corrected chi connectivity index (χ1v) is 10.4. The number of alkyl halides is 1. The van der Waals surface area contributed by atoms with Gasteiger partial charge >= 0.3 is 0 Å². The van der Waals surface area contributed by atoms with Crippen LogP contribution in [0.3, 0.4) is 0 Å². The molecule has 0 saturated carbocycles. The monoisotopic (exact) mass is 437 g/mol. The summed E-state index contributed by atoms with van der Waals surface area (Å²) in [5.74, 6) is -1.06. The number of nitrogens with zero attached hydrogens (tertiary/aromatic N) is 4. The summed E-state index contributed by atoms with van der Waals surface area (Å²) in [5, 5.41) is 11.0. The van der Waals surface area contributed by atoms with E-state index in [2.05, 4.69) is 15.5 Å². The van der Waals surface area contributed by atoms with Crippen molar-refractivity contribution in [3.8, 4) is 11.1 Å². The fraction of sp³-hybridized carbons (Fsp3) is 0.348. The van der Waals surface area contributed by atoms with Gasteiger partial charge in [-0.25, -0.2) is 0 Å². The minimum atomic E-state index is -0.687. The Hall–Kier alpha value is -3.62. The van der Waals surface area contributed by atoms with Crippen molar-refractivity contribution in [1.29, 1.82) is 0 Å². The van der Waals surface area contributed by atoms with Gasteiger partial charge in [0.2, 0.25) is 11.8 Å². The largest absolute Gasteiger partial charge is 0.357 e. The minimum absolute atomic E-state index is 0.0492. The lowest BCUT2D eigenvalue weighted by molar-refractivity contribution is -0.138. The zero-order valence-electron chi connectivity index (χ0n) is 17.9. The van der Waals surface area contributed by atoms with Crippen LogP contribution in [-0.2, 0) is 16.1 Å². The second kappa shape index (κ2) is 8.86. The summed E-state index contributed by atoms with van der Waals surface area (Å²) >= 11 is 0. The fourth-order valence-electron chi connectivity index (χ4n) is 4.31. The third kappa shape index (κ3) is 3.98. The van der Waals surface area contributed by atoms with Crippen molar-refractivity contribution in [3.63, 3.8) is 0 Å². The molecule has 0 bridgehead atoms. The van der Waals surface area contributed by atoms with E-state index in [1.165, 1.54) is 18.9 Å². The zero-order valence-corrected chi connectivity index (χ0v) is 17.9. The minimum Gasteiger partial charge on any atom is -0.357 e. The van der Waals surface area contributed by atoms with Gasteiger partial charge in [0.25, 0.3) is 0 Å². The lowest BCUT2D eigenvalue weighted by atomic mass is 10.0. The van der Waals surface area contributed by atoms with Gasteiger partial charge in [0.15, 0.2) is 5.78 Å². The lowest BCUT2D eigenvalue weighted by Gasteiger charge is -2.23. The van der Waals surface area contributed by atoms with E-state index in [9.17, 15) is 18.8 Å². The molecule has 1 aliphatic heterocycles. The number of carbonyl (C=O) groups excluding carboxylic acids is 3. The van der Waals surface area contributed by atoms with Crippen LogP contribution in [0.2, 0.25) is 0 Å². The van der Waals surface area contributed by atoms with Gasteiger partial charge in [-0.2, -0.15) is 10.2 Å². The Morgan fingerprint density at radius 1 is 1.19 bits per heavy atom. The van der Waals surface area contributed by atoms with Crippen LogP contribution in [0.4, 0.5) is 4.39 Å². The molecule has 0 radical (unpaired) electrons. The molecule has 8 nitrogen and oxygen atoms in total. The average Bonchev–Trinajstić information content (AvgIpc) is 3.41. The quantitative estimate of drug-likeness (QED) is 0.597. The zero-order chi connectivity index (χ0) is 22.8. The summed E-state index contributed by atoms with van der Waals surface area (Å²) in [6, 6.07) is 6.79. The maximum atomic E-state index is 13.3. The van der Waals surface area contributed by atoms with Gasteiger partial charge in [0, 0.05) is 47.7 Å². The molecule has 1 fully saturated rings. The highest BCUT2D eigenvalue weighted by Crippen LogP contribution is 2.29. The Bertz CT molecular complexity index is 1180. The summed E-state index contributed by atoms with van der Waals surface area (Å²) in [6.45, 7) is 1.05. The van der Waals surface area contributed by atoms with E-state index in [0.717, 1.165) is 22.0 Å². The number of ketones is 1. The lowest BCUT2D eigenvalue weighted by Crippen LogP contribution is -2.46. The second-order valence-corrected chi connectivity index (χ2v) is 8.02. The number of rotatable bonds is 6. The third-order valence-electron chi connectivity index (χ3n) is 5.96. The van der Waals surface area contributed by atoms with Crippen molar-refractivity contribution >= 4 is 28.5 Å². The van der Waals surface area contributed by atoms with Crippen LogP contribution in [0, 0.1) is 5.92 Å². The predicted octanol–water partition coefficient (Wildman–Crippen LogP) is 2.23. The molecule has 2 aromatic heterocycles. The first kappa shape index (κ1) is 21.6. The Morgan fingerprint density at radius 2 is 2.00 bits per heavy atom. The molecule has 9 heteroatoms. The number of benzene rings is 1. The number of carbonyl (C=O) groups is 3. The highest BCUT2D eigenvalue weighted by Gasteiger charge is 2.39. The molecule has 1 aliphatic rings. The van der Waals surface area contributed by atoms with Crippen LogP contribution in [0.1, 0.15) is 23.7 Å². The van der Waals surface area contributed by atoms with Gasteiger partial charge in [-0.15, -0.1) is 0 Å². The van der Waals surface area contributed by atoms with Crippen LogP contribution >= 0.6 is 0 Å². The Morgan fingerprint density at radius 3 is 2.66 bits per heavy atom. The molecule has 32 heavy (non-hydrogen) atoms. The van der Waals surface area contributed by atoms with Gasteiger partial charge < -0.3 is 14.8 Å². The number of hydrogen-bond donors (Lipinski definition) is 1. The molecule has 2 amide bonds. The molecule has 166 valence electrons. The normalized spacial score (nSPS) is 18.2. The summed E-state index contributed by atoms with van der Waals surface area (Å²) in [5.41, 5.74) is 2.97. The molecule has 0 aliphatic carbocycles. The SMILES string of the molecule is CNC(=O)[C@@H]1CC(CF)CN1C(=O)Cn1cc(C(C)=O)c2cc(-c3ccnnc3)ccc21. The molecule has 3 aromatic rings. The number of likely N-dealkylation sites (tertiary alicyclic amines) is 1. The van der Waals surface area contributed by atoms with Crippen molar-refractivity contribution in [2.45, 2.75) is 25.9 Å². The second-order valence-electron chi connectivity index (χ2n) is 8.02. The van der Waals surface area contributed by atoms with Crippen LogP contribution in [0.5, 0.6) is 0 Å². The summed E-state index contributed by atoms with van der Waals surface area (Å²) in [6.07, 6.45) is 5.20. The van der Waals surface area contributed by atoms with E-state index in [1.807, 2.05) is 24.3 Å². The van der Waals surface area contributed by atoms with E-state index < -0.39 is 12.7 Å². The van der Waals surface area contributed by atoms with Crippen LogP contribution in [0.15, 0.2) is 42.9 Å². The van der Waals surface area contributed by atoms with Gasteiger partial charge in [-0.05, 0) is 37.1 Å². The van der Waals surface area contributed by atoms with Gasteiger partial charge in [0.1, 0.15) is 12.6 Å². The summed E-state index contributed by atoms with van der Waals surface area (Å²) in [4.78, 5) is 39.1. The smallest absolute Gasteiger partial charge is 0.243 e. The number of fused-ring (bicyclic) bond motifs is 1. The van der Waals surface area contributed by atoms with Gasteiger partial charge in [0.05, 0.1) is 19.1 Å². The van der Waals surface area contributed by atoms with Crippen molar-refractivity contribution in [3.05, 3.63) is 48.4 Å². The molecule has 1 N–H and O–H groups in total. The molecular formula is C23H24FN5O3. The van der Waals surface area contributed by atoms with E-state index in [0.29, 0.717) is 12.0 Å². The number of hydrogen-bond acceptors (Lipinski definition) is 5. The number of nitrogens with one attached hydrogen (secondary N) is 1. The number of halogens is 1. The first-order chi connectivity index (χ1) is 15.4. The van der Waals surface area contributed by atoms with Crippen LogP contribution < -0.4 is 5.32 Å². The molecule has 1 unspecified atom stereocenters. The topological polar surface area (TPSA) is 97.2 Å². The number of likely N-dealkylation sites (N-methyl/N-ethyl adjacent to an activating group) is 1. The summed E-state index contributed by atoms with van der Waals surface area (Å²) in [7, 11) is 1.50. The molecule has 1 saturated heterocycles. The Balaban J connectivity index is 1.68. The van der Waals surface area contributed by atoms with Crippen LogP contribution in [-0.4, -0.2) is 63.6 Å². The number of aromatic nitrogens is 3. The number of amides is 2. The van der Waals surface area contributed by atoms with E-state index in [4.69, 9.17) is 0 Å². The van der Waals surface area contributed by atoms with Gasteiger partial charge in [-0.1, -0.05) is 6.07 Å². The average molecular weight is 437 g/mol. The highest BCUT2D eigenvalue weighted by molar-refractivity contribution is 6.08. The third-order valence-corrected chi connectivity index (χ3v) is 5.96. The Kier molecular flexibility index (Phi) is 5.98. The first-order valence-electron chi connectivity index (χ1n) is 10.4. The number of Topliss-reactive ketones (excluding diaryl/α,β-unsaturated/α-hetero) is 1. The molecule has 4 rings (SSSR count). The Labute approximate surface area is 184 Å². The van der Waals surface area contributed by atoms with E-state index >= 15 is 0 Å². The van der Waals surface area contributed by atoms with Crippen molar-refractivity contribution < 1.29 is 18.8 Å². The van der Waals surface area contributed by atoms with E-state index in [1.54, 1.807) is 23.2 Å². The standard InChI is InChI=1S/C23H24FN5O3/c1-14(30)19-12-28(13-22(31)29-11-15(9-24)7-21(29)23(32)25-2)20-4-3-16(8-18(19)20)17-5-6-26-27-10-17/h3-6,8,10,12,15,21H,7,9,11,13H2,1-2H3,(H,25,32)/t15?,21-/m0/s1. The van der Waals surface area contributed by atoms with Crippen molar-refractivity contribution in [2.75, 3.05) is 20.3 Å². The van der Waals surface area contributed by atoms with Gasteiger partial charge in [-0.3, -0.25) is 18.8 Å². The highest BCUT2D eigenvalue weighted by atomic mass is 19.1. The molecule has 1 aromatic carbocycles. The predicted molar refractivity (Wildman–Crippen MR) is 117 cm³/mol.